The van der Waals surface area contributed by atoms with E-state index in [1.807, 2.05) is 44.4 Å². The molecule has 124 valence electrons. The molecule has 1 atom stereocenters. The van der Waals surface area contributed by atoms with Crippen LogP contribution in [0.3, 0.4) is 0 Å². The first kappa shape index (κ1) is 17.5. The molecule has 2 aromatic rings. The molecule has 3 heteroatoms. The van der Waals surface area contributed by atoms with Gasteiger partial charge in [-0.05, 0) is 51.2 Å². The van der Waals surface area contributed by atoms with Gasteiger partial charge in [-0.25, -0.2) is 0 Å². The van der Waals surface area contributed by atoms with E-state index in [0.717, 1.165) is 17.9 Å². The van der Waals surface area contributed by atoms with Crippen LogP contribution in [0.4, 0.5) is 0 Å². The average molecular weight is 313 g/mol. The highest BCUT2D eigenvalue weighted by Gasteiger charge is 2.16. The Morgan fingerprint density at radius 3 is 2.04 bits per heavy atom. The van der Waals surface area contributed by atoms with Crippen molar-refractivity contribution in [2.24, 2.45) is 0 Å². The first-order valence-corrected chi connectivity index (χ1v) is 8.14. The zero-order valence-electron chi connectivity index (χ0n) is 14.5. The van der Waals surface area contributed by atoms with Crippen LogP contribution in [0, 0.1) is 0 Å². The zero-order valence-corrected chi connectivity index (χ0v) is 14.5. The molecule has 0 aliphatic carbocycles. The molecular weight excluding hydrogens is 286 g/mol. The van der Waals surface area contributed by atoms with Crippen molar-refractivity contribution in [1.82, 2.24) is 4.90 Å². The van der Waals surface area contributed by atoms with E-state index in [4.69, 9.17) is 9.47 Å². The average Bonchev–Trinajstić information content (AvgIpc) is 2.54. The highest BCUT2D eigenvalue weighted by molar-refractivity contribution is 5.34. The fraction of sp³-hybridized carbons (Fsp3) is 0.400. The molecule has 2 rings (SSSR count). The maximum Gasteiger partial charge on any atom is 0.119 e. The van der Waals surface area contributed by atoms with Crippen molar-refractivity contribution in [2.75, 3.05) is 27.2 Å². The van der Waals surface area contributed by atoms with Crippen molar-refractivity contribution in [3.63, 3.8) is 0 Å². The van der Waals surface area contributed by atoms with E-state index in [-0.39, 0.29) is 12.2 Å². The lowest BCUT2D eigenvalue weighted by Gasteiger charge is -2.21. The first-order chi connectivity index (χ1) is 11.1. The van der Waals surface area contributed by atoms with Crippen LogP contribution in [0.5, 0.6) is 5.75 Å². The number of likely N-dealkylation sites (N-methyl/N-ethyl adjacent to an activating group) is 1. The minimum atomic E-state index is -0.0491. The molecule has 0 saturated carbocycles. The Morgan fingerprint density at radius 2 is 1.48 bits per heavy atom. The van der Waals surface area contributed by atoms with Gasteiger partial charge in [-0.15, -0.1) is 0 Å². The summed E-state index contributed by atoms with van der Waals surface area (Å²) in [5, 5.41) is 0. The van der Waals surface area contributed by atoms with E-state index in [0.29, 0.717) is 6.61 Å². The molecule has 3 nitrogen and oxygen atoms in total. The van der Waals surface area contributed by atoms with E-state index in [2.05, 4.69) is 43.0 Å². The van der Waals surface area contributed by atoms with Crippen LogP contribution in [-0.4, -0.2) is 38.3 Å². The molecule has 0 aliphatic rings. The summed E-state index contributed by atoms with van der Waals surface area (Å²) in [7, 11) is 4.08. The molecule has 0 spiro atoms. The number of hydrogen-bond acceptors (Lipinski definition) is 3. The van der Waals surface area contributed by atoms with E-state index < -0.39 is 0 Å². The second-order valence-electron chi connectivity index (χ2n) is 6.20. The van der Waals surface area contributed by atoms with Gasteiger partial charge >= 0.3 is 0 Å². The number of benzene rings is 2. The van der Waals surface area contributed by atoms with Gasteiger partial charge in [0.05, 0.1) is 6.10 Å². The molecule has 0 saturated heterocycles. The second-order valence-corrected chi connectivity index (χ2v) is 6.20. The van der Waals surface area contributed by atoms with Crippen molar-refractivity contribution in [3.8, 4) is 5.75 Å². The van der Waals surface area contributed by atoms with E-state index in [1.54, 1.807) is 0 Å². The standard InChI is InChI=1S/C20H27NO2/c1-16(2)23-20(17-8-6-5-7-9-17)18-10-12-19(13-11-18)22-15-14-21(3)4/h5-13,16,20H,14-15H2,1-4H3. The Bertz CT molecular complexity index is 564. The smallest absolute Gasteiger partial charge is 0.119 e. The van der Waals surface area contributed by atoms with Crippen molar-refractivity contribution in [3.05, 3.63) is 65.7 Å². The number of rotatable bonds is 8. The third-order valence-electron chi connectivity index (χ3n) is 3.50. The van der Waals surface area contributed by atoms with Crippen molar-refractivity contribution in [1.29, 1.82) is 0 Å². The summed E-state index contributed by atoms with van der Waals surface area (Å²) in [6.45, 7) is 5.73. The number of hydrogen-bond donors (Lipinski definition) is 0. The second kappa shape index (κ2) is 8.70. The molecule has 1 unspecified atom stereocenters. The normalized spacial score (nSPS) is 12.6. The first-order valence-electron chi connectivity index (χ1n) is 8.14. The van der Waals surface area contributed by atoms with Crippen molar-refractivity contribution in [2.45, 2.75) is 26.1 Å². The summed E-state index contributed by atoms with van der Waals surface area (Å²) in [5.74, 6) is 0.895. The number of nitrogens with zero attached hydrogens (tertiary/aromatic N) is 1. The van der Waals surface area contributed by atoms with Crippen LogP contribution in [0.1, 0.15) is 31.1 Å². The lowest BCUT2D eigenvalue weighted by Crippen LogP contribution is -2.19. The fourth-order valence-electron chi connectivity index (χ4n) is 2.33. The summed E-state index contributed by atoms with van der Waals surface area (Å²) in [4.78, 5) is 2.11. The van der Waals surface area contributed by atoms with Crippen molar-refractivity contribution >= 4 is 0 Å². The van der Waals surface area contributed by atoms with Gasteiger partial charge in [0.1, 0.15) is 18.5 Å². The van der Waals surface area contributed by atoms with Gasteiger partial charge < -0.3 is 14.4 Å². The van der Waals surface area contributed by atoms with Crippen LogP contribution in [0.2, 0.25) is 0 Å². The maximum absolute atomic E-state index is 6.13. The summed E-state index contributed by atoms with van der Waals surface area (Å²) in [6, 6.07) is 18.5. The molecule has 0 aliphatic heterocycles. The van der Waals surface area contributed by atoms with Gasteiger partial charge in [0.15, 0.2) is 0 Å². The Morgan fingerprint density at radius 1 is 0.870 bits per heavy atom. The third-order valence-corrected chi connectivity index (χ3v) is 3.50. The number of ether oxygens (including phenoxy) is 2. The van der Waals surface area contributed by atoms with E-state index in [9.17, 15) is 0 Å². The van der Waals surface area contributed by atoms with Gasteiger partial charge in [0.2, 0.25) is 0 Å². The molecule has 0 N–H and O–H groups in total. The van der Waals surface area contributed by atoms with Gasteiger partial charge in [0.25, 0.3) is 0 Å². The molecule has 0 fully saturated rings. The van der Waals surface area contributed by atoms with Gasteiger partial charge in [-0.1, -0.05) is 42.5 Å². The minimum Gasteiger partial charge on any atom is -0.492 e. The molecule has 0 heterocycles. The zero-order chi connectivity index (χ0) is 16.7. The summed E-state index contributed by atoms with van der Waals surface area (Å²) in [6.07, 6.45) is 0.114. The molecule has 2 aromatic carbocycles. The largest absolute Gasteiger partial charge is 0.492 e. The fourth-order valence-corrected chi connectivity index (χ4v) is 2.33. The molecular formula is C20H27NO2. The molecule has 23 heavy (non-hydrogen) atoms. The Kier molecular flexibility index (Phi) is 6.63. The monoisotopic (exact) mass is 313 g/mol. The Hall–Kier alpha value is -1.84. The van der Waals surface area contributed by atoms with Crippen LogP contribution >= 0.6 is 0 Å². The molecule has 0 radical (unpaired) electrons. The highest BCUT2D eigenvalue weighted by Crippen LogP contribution is 2.28. The minimum absolute atomic E-state index is 0.0491. The predicted molar refractivity (Wildman–Crippen MR) is 95.0 cm³/mol. The van der Waals surface area contributed by atoms with Crippen LogP contribution < -0.4 is 4.74 Å². The lowest BCUT2D eigenvalue weighted by atomic mass is 10.0. The third kappa shape index (κ3) is 5.70. The van der Waals surface area contributed by atoms with Crippen LogP contribution in [0.25, 0.3) is 0 Å². The molecule has 0 bridgehead atoms. The predicted octanol–water partition coefficient (Wildman–Crippen LogP) is 4.14. The summed E-state index contributed by atoms with van der Waals surface area (Å²) in [5.41, 5.74) is 2.31. The quantitative estimate of drug-likeness (QED) is 0.731. The molecule has 0 aromatic heterocycles. The summed E-state index contributed by atoms with van der Waals surface area (Å²) < 4.78 is 11.9. The van der Waals surface area contributed by atoms with Crippen molar-refractivity contribution < 1.29 is 9.47 Å². The molecule has 0 amide bonds. The SMILES string of the molecule is CC(C)OC(c1ccccc1)c1ccc(OCCN(C)C)cc1. The lowest BCUT2D eigenvalue weighted by molar-refractivity contribution is 0.0304. The van der Waals surface area contributed by atoms with E-state index in [1.165, 1.54) is 5.56 Å². The Labute approximate surface area is 139 Å². The maximum atomic E-state index is 6.13. The Balaban J connectivity index is 2.10. The topological polar surface area (TPSA) is 21.7 Å². The van der Waals surface area contributed by atoms with Gasteiger partial charge in [0, 0.05) is 6.54 Å². The highest BCUT2D eigenvalue weighted by atomic mass is 16.5. The van der Waals surface area contributed by atoms with Crippen LogP contribution in [0.15, 0.2) is 54.6 Å². The van der Waals surface area contributed by atoms with E-state index >= 15 is 0 Å². The van der Waals surface area contributed by atoms with Gasteiger partial charge in [-0.3, -0.25) is 0 Å². The van der Waals surface area contributed by atoms with Gasteiger partial charge in [-0.2, -0.15) is 0 Å². The van der Waals surface area contributed by atoms with Crippen LogP contribution in [-0.2, 0) is 4.74 Å². The summed E-state index contributed by atoms with van der Waals surface area (Å²) >= 11 is 0.